The van der Waals surface area contributed by atoms with E-state index in [9.17, 15) is 13.2 Å². The highest BCUT2D eigenvalue weighted by Gasteiger charge is 2.40. The van der Waals surface area contributed by atoms with Gasteiger partial charge in [0.25, 0.3) is 10.1 Å². The maximum atomic E-state index is 11.9. The summed E-state index contributed by atoms with van der Waals surface area (Å²) in [6.45, 7) is 4.96. The lowest BCUT2D eigenvalue weighted by atomic mass is 10.2. The number of hydrogen-bond donors (Lipinski definition) is 0. The highest BCUT2D eigenvalue weighted by Crippen LogP contribution is 2.25. The van der Waals surface area contributed by atoms with Crippen LogP contribution in [-0.2, 0) is 28.6 Å². The molecule has 0 bridgehead atoms. The van der Waals surface area contributed by atoms with Crippen molar-refractivity contribution in [2.24, 2.45) is 0 Å². The standard InChI is InChI=1S/C14H18O6S/c1-10-4-6-11(7-5-10)21(16,17)18-9-8-12-13(15)20-14(2,3)19-12/h4-7,12H,8-9H2,1-3H3/t12-/m0/s1. The molecule has 2 rings (SSSR count). The maximum absolute atomic E-state index is 11.9. The SMILES string of the molecule is Cc1ccc(S(=O)(=O)OCC[C@@H]2OC(C)(C)OC2=O)cc1. The number of carbonyl (C=O) groups excluding carboxylic acids is 1. The van der Waals surface area contributed by atoms with Crippen LogP contribution in [0.25, 0.3) is 0 Å². The molecule has 7 heteroatoms. The van der Waals surface area contributed by atoms with Gasteiger partial charge in [0.1, 0.15) is 0 Å². The number of esters is 1. The Hall–Kier alpha value is -1.44. The lowest BCUT2D eigenvalue weighted by molar-refractivity contribution is -0.160. The number of hydrogen-bond acceptors (Lipinski definition) is 6. The van der Waals surface area contributed by atoms with Crippen molar-refractivity contribution in [1.82, 2.24) is 0 Å². The molecule has 0 N–H and O–H groups in total. The highest BCUT2D eigenvalue weighted by atomic mass is 32.2. The first-order valence-corrected chi connectivity index (χ1v) is 7.97. The quantitative estimate of drug-likeness (QED) is 0.609. The van der Waals surface area contributed by atoms with Crippen LogP contribution < -0.4 is 0 Å². The van der Waals surface area contributed by atoms with E-state index in [0.717, 1.165) is 5.56 Å². The molecule has 0 spiro atoms. The second kappa shape index (κ2) is 5.75. The summed E-state index contributed by atoms with van der Waals surface area (Å²) in [4.78, 5) is 11.6. The van der Waals surface area contributed by atoms with Crippen LogP contribution in [0.2, 0.25) is 0 Å². The van der Waals surface area contributed by atoms with Crippen molar-refractivity contribution in [1.29, 1.82) is 0 Å². The number of ether oxygens (including phenoxy) is 2. The number of benzene rings is 1. The Morgan fingerprint density at radius 1 is 1.24 bits per heavy atom. The molecule has 1 aliphatic heterocycles. The molecule has 1 atom stereocenters. The lowest BCUT2D eigenvalue weighted by Crippen LogP contribution is -2.22. The Morgan fingerprint density at radius 2 is 1.86 bits per heavy atom. The third kappa shape index (κ3) is 4.03. The lowest BCUT2D eigenvalue weighted by Gasteiger charge is -2.15. The topological polar surface area (TPSA) is 78.9 Å². The van der Waals surface area contributed by atoms with E-state index < -0.39 is 28.0 Å². The number of aryl methyl sites for hydroxylation is 1. The first-order valence-electron chi connectivity index (χ1n) is 6.56. The van der Waals surface area contributed by atoms with E-state index in [2.05, 4.69) is 0 Å². The Morgan fingerprint density at radius 3 is 2.38 bits per heavy atom. The van der Waals surface area contributed by atoms with E-state index in [1.165, 1.54) is 12.1 Å². The van der Waals surface area contributed by atoms with Crippen LogP contribution in [0, 0.1) is 6.92 Å². The summed E-state index contributed by atoms with van der Waals surface area (Å²) in [7, 11) is -3.82. The molecular weight excluding hydrogens is 296 g/mol. The number of carbonyl (C=O) groups is 1. The Kier molecular flexibility index (Phi) is 4.36. The summed E-state index contributed by atoms with van der Waals surface area (Å²) < 4.78 is 39.1. The van der Waals surface area contributed by atoms with Crippen molar-refractivity contribution in [3.05, 3.63) is 29.8 Å². The zero-order valence-electron chi connectivity index (χ0n) is 12.2. The Bertz CT molecular complexity index is 617. The number of rotatable bonds is 5. The Labute approximate surface area is 124 Å². The van der Waals surface area contributed by atoms with Crippen LogP contribution >= 0.6 is 0 Å². The zero-order chi connectivity index (χ0) is 15.7. The first-order chi connectivity index (χ1) is 9.70. The molecule has 1 heterocycles. The smallest absolute Gasteiger partial charge is 0.338 e. The average molecular weight is 314 g/mol. The number of cyclic esters (lactones) is 1. The van der Waals surface area contributed by atoms with Gasteiger partial charge in [-0.3, -0.25) is 4.18 Å². The van der Waals surface area contributed by atoms with Gasteiger partial charge in [0.05, 0.1) is 11.5 Å². The van der Waals surface area contributed by atoms with Crippen molar-refractivity contribution in [2.75, 3.05) is 6.61 Å². The van der Waals surface area contributed by atoms with Gasteiger partial charge in [-0.1, -0.05) is 17.7 Å². The maximum Gasteiger partial charge on any atom is 0.338 e. The molecule has 116 valence electrons. The predicted octanol–water partition coefficient (Wildman–Crippen LogP) is 1.77. The molecule has 0 saturated carbocycles. The normalized spacial score (nSPS) is 21.3. The molecule has 1 aromatic carbocycles. The molecule has 0 aromatic heterocycles. The van der Waals surface area contributed by atoms with Crippen molar-refractivity contribution < 1.29 is 26.9 Å². The minimum atomic E-state index is -3.82. The van der Waals surface area contributed by atoms with Gasteiger partial charge in [0.15, 0.2) is 6.10 Å². The molecule has 1 saturated heterocycles. The van der Waals surface area contributed by atoms with Gasteiger partial charge in [-0.15, -0.1) is 0 Å². The minimum absolute atomic E-state index is 0.0864. The average Bonchev–Trinajstić information content (AvgIpc) is 2.62. The molecule has 6 nitrogen and oxygen atoms in total. The van der Waals surface area contributed by atoms with Crippen molar-refractivity contribution >= 4 is 16.1 Å². The second-order valence-corrected chi connectivity index (χ2v) is 6.92. The third-order valence-corrected chi connectivity index (χ3v) is 4.29. The fraction of sp³-hybridized carbons (Fsp3) is 0.500. The van der Waals surface area contributed by atoms with Gasteiger partial charge in [-0.2, -0.15) is 8.42 Å². The molecular formula is C14H18O6S. The third-order valence-electron chi connectivity index (χ3n) is 2.96. The van der Waals surface area contributed by atoms with Gasteiger partial charge in [-0.05, 0) is 19.1 Å². The van der Waals surface area contributed by atoms with Gasteiger partial charge < -0.3 is 9.47 Å². The van der Waals surface area contributed by atoms with E-state index >= 15 is 0 Å². The summed E-state index contributed by atoms with van der Waals surface area (Å²) in [5.41, 5.74) is 0.957. The van der Waals surface area contributed by atoms with Crippen molar-refractivity contribution in [3.8, 4) is 0 Å². The fourth-order valence-electron chi connectivity index (χ4n) is 1.94. The molecule has 0 unspecified atom stereocenters. The van der Waals surface area contributed by atoms with Crippen LogP contribution in [0.5, 0.6) is 0 Å². The molecule has 0 amide bonds. The van der Waals surface area contributed by atoms with E-state index in [4.69, 9.17) is 13.7 Å². The predicted molar refractivity (Wildman–Crippen MR) is 74.0 cm³/mol. The minimum Gasteiger partial charge on any atom is -0.432 e. The van der Waals surface area contributed by atoms with Crippen LogP contribution in [0.3, 0.4) is 0 Å². The van der Waals surface area contributed by atoms with Crippen molar-refractivity contribution in [2.45, 2.75) is 44.0 Å². The van der Waals surface area contributed by atoms with E-state index in [1.54, 1.807) is 26.0 Å². The Balaban J connectivity index is 1.91. The second-order valence-electron chi connectivity index (χ2n) is 5.31. The summed E-state index contributed by atoms with van der Waals surface area (Å²) >= 11 is 0. The summed E-state index contributed by atoms with van der Waals surface area (Å²) in [5.74, 6) is -1.48. The van der Waals surface area contributed by atoms with E-state index in [0.29, 0.717) is 0 Å². The molecule has 1 aliphatic rings. The first kappa shape index (κ1) is 15.9. The fourth-order valence-corrected chi connectivity index (χ4v) is 2.86. The molecule has 21 heavy (non-hydrogen) atoms. The van der Waals surface area contributed by atoms with Gasteiger partial charge in [-0.25, -0.2) is 4.79 Å². The molecule has 1 aromatic rings. The van der Waals surface area contributed by atoms with Crippen LogP contribution in [0.15, 0.2) is 29.2 Å². The summed E-state index contributed by atoms with van der Waals surface area (Å²) in [5, 5.41) is 0. The van der Waals surface area contributed by atoms with Gasteiger partial charge in [0, 0.05) is 20.3 Å². The van der Waals surface area contributed by atoms with Crippen LogP contribution in [0.4, 0.5) is 0 Å². The van der Waals surface area contributed by atoms with E-state index in [-0.39, 0.29) is 17.9 Å². The largest absolute Gasteiger partial charge is 0.432 e. The van der Waals surface area contributed by atoms with Crippen LogP contribution in [-0.4, -0.2) is 32.9 Å². The summed E-state index contributed by atoms with van der Waals surface area (Å²) in [6.07, 6.45) is -0.680. The van der Waals surface area contributed by atoms with Crippen molar-refractivity contribution in [3.63, 3.8) is 0 Å². The van der Waals surface area contributed by atoms with E-state index in [1.807, 2.05) is 6.92 Å². The monoisotopic (exact) mass is 314 g/mol. The highest BCUT2D eigenvalue weighted by molar-refractivity contribution is 7.86. The van der Waals surface area contributed by atoms with Crippen LogP contribution in [0.1, 0.15) is 25.8 Å². The van der Waals surface area contributed by atoms with Gasteiger partial charge in [0.2, 0.25) is 5.79 Å². The molecule has 0 aliphatic carbocycles. The molecule has 1 fully saturated rings. The molecule has 0 radical (unpaired) electrons. The zero-order valence-corrected chi connectivity index (χ0v) is 13.0. The van der Waals surface area contributed by atoms with Gasteiger partial charge >= 0.3 is 5.97 Å². The summed E-state index contributed by atoms with van der Waals surface area (Å²) in [6, 6.07) is 6.34.